The van der Waals surface area contributed by atoms with Crippen LogP contribution in [-0.4, -0.2) is 18.7 Å². The second-order valence-corrected chi connectivity index (χ2v) is 6.51. The quantitative estimate of drug-likeness (QED) is 0.365. The zero-order valence-electron chi connectivity index (χ0n) is 13.6. The number of anilines is 1. The Balaban J connectivity index is 2.19. The van der Waals surface area contributed by atoms with Crippen molar-refractivity contribution in [2.45, 2.75) is 6.18 Å². The molecule has 0 aliphatic carbocycles. The first kappa shape index (κ1) is 20.2. The molecule has 1 heterocycles. The third-order valence-electron chi connectivity index (χ3n) is 3.61. The monoisotopic (exact) mass is 430 g/mol. The van der Waals surface area contributed by atoms with Gasteiger partial charge >= 0.3 is 6.18 Å². The topological polar surface area (TPSA) is 77.9 Å². The van der Waals surface area contributed by atoms with E-state index in [1.54, 1.807) is 0 Å². The molecule has 0 aliphatic rings. The number of alkyl halides is 3. The van der Waals surface area contributed by atoms with Gasteiger partial charge < -0.3 is 9.27 Å². The van der Waals surface area contributed by atoms with Crippen molar-refractivity contribution in [1.29, 1.82) is 0 Å². The molecule has 1 aromatic heterocycles. The van der Waals surface area contributed by atoms with Gasteiger partial charge in [0.25, 0.3) is 0 Å². The Morgan fingerprint density at radius 3 is 2.07 bits per heavy atom. The van der Waals surface area contributed by atoms with E-state index in [2.05, 4.69) is 14.7 Å². The van der Waals surface area contributed by atoms with E-state index in [1.807, 2.05) is 0 Å². The van der Waals surface area contributed by atoms with E-state index >= 15 is 0 Å². The SMILES string of the molecule is O=S([O-])Nc1ccc(-c2c(Cl)nc(C(F)(F)F)nc2-c2ccc(F)cc2)cc1. The van der Waals surface area contributed by atoms with Gasteiger partial charge in [0.2, 0.25) is 5.82 Å². The van der Waals surface area contributed by atoms with Crippen LogP contribution < -0.4 is 4.72 Å². The molecule has 11 heteroatoms. The highest BCUT2D eigenvalue weighted by atomic mass is 35.5. The van der Waals surface area contributed by atoms with Crippen molar-refractivity contribution >= 4 is 28.6 Å². The van der Waals surface area contributed by atoms with E-state index in [1.165, 1.54) is 36.4 Å². The van der Waals surface area contributed by atoms with Crippen LogP contribution >= 0.6 is 11.6 Å². The van der Waals surface area contributed by atoms with E-state index in [4.69, 9.17) is 11.6 Å². The maximum atomic E-state index is 13.2. The summed E-state index contributed by atoms with van der Waals surface area (Å²) in [6.07, 6.45) is -4.83. The van der Waals surface area contributed by atoms with Crippen LogP contribution in [0.3, 0.4) is 0 Å². The van der Waals surface area contributed by atoms with Crippen molar-refractivity contribution in [1.82, 2.24) is 9.97 Å². The molecular formula is C17H9ClF4N3O2S-. The molecule has 0 spiro atoms. The van der Waals surface area contributed by atoms with E-state index < -0.39 is 34.2 Å². The van der Waals surface area contributed by atoms with Crippen molar-refractivity contribution in [3.05, 3.63) is 65.3 Å². The average molecular weight is 431 g/mol. The van der Waals surface area contributed by atoms with Gasteiger partial charge in [0, 0.05) is 28.1 Å². The summed E-state index contributed by atoms with van der Waals surface area (Å²) in [6.45, 7) is 0. The third kappa shape index (κ3) is 4.46. The summed E-state index contributed by atoms with van der Waals surface area (Å²) in [6, 6.07) is 10.4. The van der Waals surface area contributed by atoms with Gasteiger partial charge in [0.05, 0.1) is 5.69 Å². The van der Waals surface area contributed by atoms with Crippen LogP contribution in [-0.2, 0) is 17.4 Å². The lowest BCUT2D eigenvalue weighted by atomic mass is 10.0. The Hall–Kier alpha value is -2.56. The molecule has 0 fully saturated rings. The molecule has 1 unspecified atom stereocenters. The van der Waals surface area contributed by atoms with Crippen LogP contribution in [0.2, 0.25) is 5.15 Å². The summed E-state index contributed by atoms with van der Waals surface area (Å²) in [5, 5.41) is -0.449. The second-order valence-electron chi connectivity index (χ2n) is 5.48. The lowest BCUT2D eigenvalue weighted by Gasteiger charge is -2.15. The summed E-state index contributed by atoms with van der Waals surface area (Å²) >= 11 is 3.51. The van der Waals surface area contributed by atoms with E-state index in [9.17, 15) is 26.3 Å². The van der Waals surface area contributed by atoms with Gasteiger partial charge in [0.1, 0.15) is 11.0 Å². The van der Waals surface area contributed by atoms with Crippen LogP contribution in [0.1, 0.15) is 5.82 Å². The molecule has 0 aliphatic heterocycles. The van der Waals surface area contributed by atoms with E-state index in [-0.39, 0.29) is 22.5 Å². The summed E-state index contributed by atoms with van der Waals surface area (Å²) in [5.41, 5.74) is 0.746. The van der Waals surface area contributed by atoms with Gasteiger partial charge in [-0.2, -0.15) is 13.2 Å². The predicted octanol–water partition coefficient (Wildman–Crippen LogP) is 4.83. The number of aromatic nitrogens is 2. The molecule has 1 N–H and O–H groups in total. The van der Waals surface area contributed by atoms with Gasteiger partial charge in [-0.05, 0) is 42.0 Å². The number of rotatable bonds is 4. The highest BCUT2D eigenvalue weighted by Gasteiger charge is 2.36. The number of halogens is 5. The molecule has 0 radical (unpaired) electrons. The van der Waals surface area contributed by atoms with Gasteiger partial charge in [-0.15, -0.1) is 0 Å². The first-order chi connectivity index (χ1) is 13.1. The Bertz CT molecular complexity index is 1030. The molecule has 0 amide bonds. The second kappa shape index (κ2) is 7.82. The lowest BCUT2D eigenvalue weighted by Crippen LogP contribution is -2.12. The summed E-state index contributed by atoms with van der Waals surface area (Å²) in [4.78, 5) is 6.93. The molecular weight excluding hydrogens is 422 g/mol. The molecule has 0 saturated carbocycles. The van der Waals surface area contributed by atoms with Crippen LogP contribution in [0, 0.1) is 5.82 Å². The van der Waals surface area contributed by atoms with Crippen molar-refractivity contribution in [3.8, 4) is 22.4 Å². The molecule has 146 valence electrons. The van der Waals surface area contributed by atoms with Gasteiger partial charge in [-0.1, -0.05) is 23.7 Å². The number of hydrogen-bond acceptors (Lipinski definition) is 4. The zero-order valence-corrected chi connectivity index (χ0v) is 15.2. The number of nitrogens with one attached hydrogen (secondary N) is 1. The third-order valence-corrected chi connectivity index (χ3v) is 4.29. The summed E-state index contributed by atoms with van der Waals surface area (Å²) < 4.78 is 76.1. The standard InChI is InChI=1S/C17H10ClF4N3O2S/c18-15-13(9-3-7-12(8-4-9)25-28(26)27)14(10-1-5-11(19)6-2-10)23-16(24-15)17(20,21)22/h1-8,25H,(H,26,27)/p-1. The van der Waals surface area contributed by atoms with Crippen LogP contribution in [0.5, 0.6) is 0 Å². The Kier molecular flexibility index (Phi) is 5.64. The molecule has 3 aromatic rings. The molecule has 28 heavy (non-hydrogen) atoms. The van der Waals surface area contributed by atoms with Crippen molar-refractivity contribution in [2.75, 3.05) is 4.72 Å². The fourth-order valence-corrected chi connectivity index (χ4v) is 3.04. The van der Waals surface area contributed by atoms with Crippen molar-refractivity contribution in [3.63, 3.8) is 0 Å². The lowest BCUT2D eigenvalue weighted by molar-refractivity contribution is -0.144. The van der Waals surface area contributed by atoms with Gasteiger partial charge in [-0.25, -0.2) is 14.4 Å². The minimum Gasteiger partial charge on any atom is -0.755 e. The van der Waals surface area contributed by atoms with Crippen molar-refractivity contribution < 1.29 is 26.3 Å². The van der Waals surface area contributed by atoms with Crippen molar-refractivity contribution in [2.24, 2.45) is 0 Å². The Labute approximate surface area is 163 Å². The Morgan fingerprint density at radius 1 is 0.964 bits per heavy atom. The molecule has 3 rings (SSSR count). The average Bonchev–Trinajstić information content (AvgIpc) is 2.61. The molecule has 0 bridgehead atoms. The molecule has 1 atom stereocenters. The minimum absolute atomic E-state index is 0.0936. The summed E-state index contributed by atoms with van der Waals surface area (Å²) in [5.74, 6) is -2.00. The maximum absolute atomic E-state index is 13.2. The highest BCUT2D eigenvalue weighted by Crippen LogP contribution is 2.38. The molecule has 5 nitrogen and oxygen atoms in total. The number of hydrogen-bond donors (Lipinski definition) is 1. The van der Waals surface area contributed by atoms with Crippen LogP contribution in [0.4, 0.5) is 23.2 Å². The first-order valence-electron chi connectivity index (χ1n) is 7.52. The number of nitrogens with zero attached hydrogens (tertiary/aromatic N) is 2. The van der Waals surface area contributed by atoms with Gasteiger partial charge in [0.15, 0.2) is 0 Å². The highest BCUT2D eigenvalue weighted by molar-refractivity contribution is 7.80. The van der Waals surface area contributed by atoms with Gasteiger partial charge in [-0.3, -0.25) is 4.21 Å². The fraction of sp³-hybridized carbons (Fsp3) is 0.0588. The van der Waals surface area contributed by atoms with E-state index in [0.717, 1.165) is 12.1 Å². The van der Waals surface area contributed by atoms with Crippen LogP contribution in [0.15, 0.2) is 48.5 Å². The van der Waals surface area contributed by atoms with E-state index in [0.29, 0.717) is 5.56 Å². The zero-order chi connectivity index (χ0) is 20.5. The summed E-state index contributed by atoms with van der Waals surface area (Å²) in [7, 11) is 0. The number of benzene rings is 2. The maximum Gasteiger partial charge on any atom is 0.451 e. The minimum atomic E-state index is -4.83. The largest absolute Gasteiger partial charge is 0.755 e. The molecule has 2 aromatic carbocycles. The fourth-order valence-electron chi connectivity index (χ4n) is 2.43. The Morgan fingerprint density at radius 2 is 1.54 bits per heavy atom. The molecule has 0 saturated heterocycles. The van der Waals surface area contributed by atoms with Crippen LogP contribution in [0.25, 0.3) is 22.4 Å². The normalized spacial score (nSPS) is 12.6. The predicted molar refractivity (Wildman–Crippen MR) is 95.4 cm³/mol. The first-order valence-corrected chi connectivity index (χ1v) is 8.97. The smallest absolute Gasteiger partial charge is 0.451 e.